The lowest BCUT2D eigenvalue weighted by Crippen LogP contribution is -2.34. The van der Waals surface area contributed by atoms with E-state index in [1.165, 1.54) is 51.7 Å². The quantitative estimate of drug-likeness (QED) is 0.544. The van der Waals surface area contributed by atoms with Gasteiger partial charge in [-0.15, -0.1) is 0 Å². The van der Waals surface area contributed by atoms with Gasteiger partial charge in [-0.25, -0.2) is 0 Å². The smallest absolute Gasteiger partial charge is 0.00411 e. The molecule has 0 N–H and O–H groups in total. The molecule has 0 aromatic carbocycles. The zero-order valence-corrected chi connectivity index (χ0v) is 10.6. The summed E-state index contributed by atoms with van der Waals surface area (Å²) in [5, 5.41) is 0.668. The van der Waals surface area contributed by atoms with E-state index in [0.717, 1.165) is 5.92 Å². The number of likely N-dealkylation sites (tertiary alicyclic amines) is 1. The van der Waals surface area contributed by atoms with E-state index in [9.17, 15) is 0 Å². The molecule has 0 saturated carbocycles. The Hall–Kier alpha value is 0.310. The van der Waals surface area contributed by atoms with E-state index in [0.29, 0.717) is 5.25 Å². The molecular formula is C12H25NS. The van der Waals surface area contributed by atoms with Crippen molar-refractivity contribution in [3.05, 3.63) is 0 Å². The highest BCUT2D eigenvalue weighted by Crippen LogP contribution is 2.16. The average molecular weight is 215 g/mol. The lowest BCUT2D eigenvalue weighted by Gasteiger charge is -2.29. The fraction of sp³-hybridized carbons (Fsp3) is 1.00. The molecular weight excluding hydrogens is 190 g/mol. The molecule has 2 heteroatoms. The number of thiol groups is 1. The van der Waals surface area contributed by atoms with Crippen LogP contribution in [0.25, 0.3) is 0 Å². The van der Waals surface area contributed by atoms with Crippen molar-refractivity contribution in [3.8, 4) is 0 Å². The first-order valence-corrected chi connectivity index (χ1v) is 6.60. The van der Waals surface area contributed by atoms with E-state index < -0.39 is 0 Å². The van der Waals surface area contributed by atoms with Crippen molar-refractivity contribution < 1.29 is 0 Å². The number of rotatable bonds is 5. The van der Waals surface area contributed by atoms with Crippen LogP contribution in [-0.2, 0) is 0 Å². The van der Waals surface area contributed by atoms with Gasteiger partial charge in [-0.3, -0.25) is 0 Å². The average Bonchev–Trinajstić information content (AvgIpc) is 2.15. The largest absolute Gasteiger partial charge is 0.303 e. The Morgan fingerprint density at radius 1 is 1.21 bits per heavy atom. The Morgan fingerprint density at radius 3 is 2.43 bits per heavy atom. The first-order valence-electron chi connectivity index (χ1n) is 6.09. The zero-order chi connectivity index (χ0) is 10.4. The lowest BCUT2D eigenvalue weighted by molar-refractivity contribution is 0.227. The Balaban J connectivity index is 1.96. The highest BCUT2D eigenvalue weighted by molar-refractivity contribution is 7.80. The summed E-state index contributed by atoms with van der Waals surface area (Å²) in [4.78, 5) is 2.60. The minimum Gasteiger partial charge on any atom is -0.303 e. The van der Waals surface area contributed by atoms with Crippen molar-refractivity contribution >= 4 is 12.6 Å². The van der Waals surface area contributed by atoms with E-state index in [2.05, 4.69) is 31.4 Å². The minimum absolute atomic E-state index is 0.668. The summed E-state index contributed by atoms with van der Waals surface area (Å²) in [5.74, 6) is 0.873. The van der Waals surface area contributed by atoms with Crippen LogP contribution in [0.1, 0.15) is 46.0 Å². The van der Waals surface area contributed by atoms with Gasteiger partial charge in [0, 0.05) is 5.25 Å². The first-order chi connectivity index (χ1) is 6.68. The van der Waals surface area contributed by atoms with Crippen LogP contribution >= 0.6 is 12.6 Å². The molecule has 1 saturated heterocycles. The summed E-state index contributed by atoms with van der Waals surface area (Å²) in [6.45, 7) is 8.48. The molecule has 0 aliphatic carbocycles. The van der Waals surface area contributed by atoms with Gasteiger partial charge in [0.2, 0.25) is 0 Å². The van der Waals surface area contributed by atoms with Crippen LogP contribution in [0, 0.1) is 5.92 Å². The molecule has 14 heavy (non-hydrogen) atoms. The molecule has 0 radical (unpaired) electrons. The van der Waals surface area contributed by atoms with Gasteiger partial charge in [-0.05, 0) is 44.8 Å². The van der Waals surface area contributed by atoms with Crippen LogP contribution in [-0.4, -0.2) is 29.8 Å². The van der Waals surface area contributed by atoms with Crippen molar-refractivity contribution in [2.75, 3.05) is 19.6 Å². The fourth-order valence-electron chi connectivity index (χ4n) is 2.03. The summed E-state index contributed by atoms with van der Waals surface area (Å²) in [6.07, 6.45) is 6.75. The topological polar surface area (TPSA) is 3.24 Å². The van der Waals surface area contributed by atoms with Gasteiger partial charge in [-0.2, -0.15) is 12.6 Å². The molecule has 84 valence electrons. The minimum atomic E-state index is 0.668. The van der Waals surface area contributed by atoms with E-state index in [1.54, 1.807) is 0 Å². The van der Waals surface area contributed by atoms with Gasteiger partial charge < -0.3 is 4.90 Å². The molecule has 1 aliphatic rings. The maximum atomic E-state index is 4.51. The molecule has 0 atom stereocenters. The molecule has 1 heterocycles. The standard InChI is InChI=1S/C12H25NS/c1-11(2)5-3-4-8-13-9-6-12(14)7-10-13/h11-12,14H,3-10H2,1-2H3. The van der Waals surface area contributed by atoms with Crippen molar-refractivity contribution in [3.63, 3.8) is 0 Å². The molecule has 1 rings (SSSR count). The monoisotopic (exact) mass is 215 g/mol. The summed E-state index contributed by atoms with van der Waals surface area (Å²) in [7, 11) is 0. The van der Waals surface area contributed by atoms with Crippen LogP contribution < -0.4 is 0 Å². The second kappa shape index (κ2) is 6.73. The Kier molecular flexibility index (Phi) is 5.95. The van der Waals surface area contributed by atoms with Crippen molar-refractivity contribution in [1.29, 1.82) is 0 Å². The highest BCUT2D eigenvalue weighted by Gasteiger charge is 2.15. The van der Waals surface area contributed by atoms with Gasteiger partial charge in [-0.1, -0.05) is 26.7 Å². The first kappa shape index (κ1) is 12.4. The fourth-order valence-corrected chi connectivity index (χ4v) is 2.26. The number of unbranched alkanes of at least 4 members (excludes halogenated alkanes) is 1. The van der Waals surface area contributed by atoms with Gasteiger partial charge in [0.1, 0.15) is 0 Å². The molecule has 1 nitrogen and oxygen atoms in total. The van der Waals surface area contributed by atoms with Gasteiger partial charge >= 0.3 is 0 Å². The number of nitrogens with zero attached hydrogens (tertiary/aromatic N) is 1. The third-order valence-corrected chi connectivity index (χ3v) is 3.58. The summed E-state index contributed by atoms with van der Waals surface area (Å²) < 4.78 is 0. The molecule has 0 spiro atoms. The second-order valence-corrected chi connectivity index (χ2v) is 5.69. The second-order valence-electron chi connectivity index (χ2n) is 4.96. The third-order valence-electron chi connectivity index (χ3n) is 3.06. The normalized spacial score (nSPS) is 20.6. The van der Waals surface area contributed by atoms with Crippen LogP contribution in [0.15, 0.2) is 0 Å². The van der Waals surface area contributed by atoms with Crippen molar-refractivity contribution in [2.24, 2.45) is 5.92 Å². The van der Waals surface area contributed by atoms with E-state index >= 15 is 0 Å². The summed E-state index contributed by atoms with van der Waals surface area (Å²) in [5.41, 5.74) is 0. The molecule has 0 bridgehead atoms. The van der Waals surface area contributed by atoms with E-state index in [-0.39, 0.29) is 0 Å². The van der Waals surface area contributed by atoms with Gasteiger partial charge in [0.25, 0.3) is 0 Å². The van der Waals surface area contributed by atoms with Gasteiger partial charge in [0.15, 0.2) is 0 Å². The molecule has 0 unspecified atom stereocenters. The molecule has 0 aromatic heterocycles. The van der Waals surface area contributed by atoms with E-state index in [4.69, 9.17) is 0 Å². The van der Waals surface area contributed by atoms with Crippen LogP contribution in [0.4, 0.5) is 0 Å². The number of hydrogen-bond donors (Lipinski definition) is 1. The molecule has 0 amide bonds. The molecule has 1 aliphatic heterocycles. The molecule has 1 fully saturated rings. The Labute approximate surface area is 94.7 Å². The third kappa shape index (κ3) is 5.26. The number of piperidine rings is 1. The van der Waals surface area contributed by atoms with Crippen LogP contribution in [0.5, 0.6) is 0 Å². The predicted octanol–water partition coefficient (Wildman–Crippen LogP) is 3.21. The van der Waals surface area contributed by atoms with Gasteiger partial charge in [0.05, 0.1) is 0 Å². The highest BCUT2D eigenvalue weighted by atomic mass is 32.1. The predicted molar refractivity (Wildman–Crippen MR) is 67.1 cm³/mol. The van der Waals surface area contributed by atoms with Crippen molar-refractivity contribution in [2.45, 2.75) is 51.2 Å². The Morgan fingerprint density at radius 2 is 1.86 bits per heavy atom. The van der Waals surface area contributed by atoms with Crippen LogP contribution in [0.2, 0.25) is 0 Å². The summed E-state index contributed by atoms with van der Waals surface area (Å²) >= 11 is 4.51. The SMILES string of the molecule is CC(C)CCCCN1CCC(S)CC1. The van der Waals surface area contributed by atoms with E-state index in [1.807, 2.05) is 0 Å². The maximum absolute atomic E-state index is 4.51. The zero-order valence-electron chi connectivity index (χ0n) is 9.71. The lowest BCUT2D eigenvalue weighted by atomic mass is 10.1. The Bertz CT molecular complexity index is 139. The summed E-state index contributed by atoms with van der Waals surface area (Å²) in [6, 6.07) is 0. The molecule has 0 aromatic rings. The van der Waals surface area contributed by atoms with Crippen LogP contribution in [0.3, 0.4) is 0 Å². The number of hydrogen-bond acceptors (Lipinski definition) is 2. The maximum Gasteiger partial charge on any atom is 0.00411 e. The van der Waals surface area contributed by atoms with Crippen molar-refractivity contribution in [1.82, 2.24) is 4.90 Å².